The van der Waals surface area contributed by atoms with Gasteiger partial charge in [0, 0.05) is 45.2 Å². The number of carbonyl (C=O) groups excluding carboxylic acids is 1. The fourth-order valence-corrected chi connectivity index (χ4v) is 6.25. The summed E-state index contributed by atoms with van der Waals surface area (Å²) in [6, 6.07) is 5.48. The van der Waals surface area contributed by atoms with E-state index >= 15 is 0 Å². The molecule has 1 aromatic carbocycles. The number of hydrogen-bond donors (Lipinski definition) is 1. The molecule has 1 aliphatic carbocycles. The Morgan fingerprint density at radius 3 is 2.46 bits per heavy atom. The molecule has 1 aliphatic heterocycles. The number of sulfonamides is 1. The molecular weight excluding hydrogens is 374 g/mol. The van der Waals surface area contributed by atoms with Gasteiger partial charge in [-0.15, -0.1) is 0 Å². The van der Waals surface area contributed by atoms with Crippen LogP contribution < -0.4 is 5.32 Å². The normalized spacial score (nSPS) is 19.2. The van der Waals surface area contributed by atoms with Gasteiger partial charge in [-0.05, 0) is 38.3 Å². The fraction of sp³-hybridized carbons (Fsp3) is 0.667. The summed E-state index contributed by atoms with van der Waals surface area (Å²) in [6.07, 6.45) is 5.27. The lowest BCUT2D eigenvalue weighted by molar-refractivity contribution is -0.131. The molecule has 1 aromatic rings. The number of benzene rings is 1. The Morgan fingerprint density at radius 1 is 1.14 bits per heavy atom. The number of rotatable bonds is 6. The van der Waals surface area contributed by atoms with Gasteiger partial charge in [0.1, 0.15) is 0 Å². The average molecular weight is 408 g/mol. The third-order valence-corrected chi connectivity index (χ3v) is 8.03. The first-order chi connectivity index (χ1) is 13.4. The van der Waals surface area contributed by atoms with Crippen molar-refractivity contribution in [1.29, 1.82) is 0 Å². The number of amides is 1. The summed E-state index contributed by atoms with van der Waals surface area (Å²) in [5.74, 6) is 0.0538. The first kappa shape index (κ1) is 21.3. The van der Waals surface area contributed by atoms with E-state index in [4.69, 9.17) is 0 Å². The minimum atomic E-state index is -3.62. The van der Waals surface area contributed by atoms with Crippen molar-refractivity contribution in [1.82, 2.24) is 14.5 Å². The highest BCUT2D eigenvalue weighted by Crippen LogP contribution is 2.29. The molecule has 0 bridgehead atoms. The molecule has 156 valence electrons. The Labute approximate surface area is 169 Å². The third kappa shape index (κ3) is 4.93. The summed E-state index contributed by atoms with van der Waals surface area (Å²) in [6.45, 7) is 7.10. The summed E-state index contributed by atoms with van der Waals surface area (Å²) in [4.78, 5) is 14.9. The quantitative estimate of drug-likeness (QED) is 0.786. The third-order valence-electron chi connectivity index (χ3n) is 5.91. The van der Waals surface area contributed by atoms with E-state index in [1.807, 2.05) is 30.9 Å². The van der Waals surface area contributed by atoms with Crippen molar-refractivity contribution in [3.63, 3.8) is 0 Å². The molecule has 28 heavy (non-hydrogen) atoms. The highest BCUT2D eigenvalue weighted by Gasteiger charge is 2.34. The van der Waals surface area contributed by atoms with E-state index in [1.165, 1.54) is 0 Å². The molecule has 1 saturated heterocycles. The largest absolute Gasteiger partial charge is 0.340 e. The lowest BCUT2D eigenvalue weighted by Crippen LogP contribution is -2.48. The molecule has 2 aliphatic rings. The minimum Gasteiger partial charge on any atom is -0.340 e. The Balaban J connectivity index is 1.80. The molecule has 1 heterocycles. The average Bonchev–Trinajstić information content (AvgIpc) is 2.69. The van der Waals surface area contributed by atoms with Crippen LogP contribution in [0.1, 0.15) is 49.7 Å². The van der Waals surface area contributed by atoms with Crippen LogP contribution >= 0.6 is 0 Å². The van der Waals surface area contributed by atoms with Crippen LogP contribution in [0.2, 0.25) is 0 Å². The Kier molecular flexibility index (Phi) is 7.12. The van der Waals surface area contributed by atoms with Crippen LogP contribution in [0.15, 0.2) is 23.1 Å². The highest BCUT2D eigenvalue weighted by molar-refractivity contribution is 7.89. The topological polar surface area (TPSA) is 69.7 Å². The van der Waals surface area contributed by atoms with Crippen LogP contribution in [0.25, 0.3) is 0 Å². The molecule has 0 atom stereocenters. The van der Waals surface area contributed by atoms with E-state index in [0.717, 1.165) is 56.3 Å². The van der Waals surface area contributed by atoms with Gasteiger partial charge in [0.15, 0.2) is 0 Å². The van der Waals surface area contributed by atoms with Crippen LogP contribution in [0, 0.1) is 13.8 Å². The zero-order valence-electron chi connectivity index (χ0n) is 17.1. The van der Waals surface area contributed by atoms with E-state index < -0.39 is 10.0 Å². The number of nitrogens with zero attached hydrogens (tertiary/aromatic N) is 2. The number of hydrogen-bond acceptors (Lipinski definition) is 4. The van der Waals surface area contributed by atoms with Gasteiger partial charge in [-0.25, -0.2) is 8.42 Å². The van der Waals surface area contributed by atoms with Crippen molar-refractivity contribution in [2.75, 3.05) is 32.7 Å². The van der Waals surface area contributed by atoms with Gasteiger partial charge in [0.2, 0.25) is 15.9 Å². The second-order valence-electron chi connectivity index (χ2n) is 8.06. The van der Waals surface area contributed by atoms with Gasteiger partial charge in [0.05, 0.1) is 4.90 Å². The lowest BCUT2D eigenvalue weighted by Gasteiger charge is -2.34. The monoisotopic (exact) mass is 407 g/mol. The van der Waals surface area contributed by atoms with Gasteiger partial charge < -0.3 is 10.2 Å². The van der Waals surface area contributed by atoms with E-state index in [9.17, 15) is 13.2 Å². The minimum absolute atomic E-state index is 0.00437. The Bertz CT molecular complexity index is 782. The lowest BCUT2D eigenvalue weighted by atomic mass is 9.95. The molecule has 0 radical (unpaired) electrons. The van der Waals surface area contributed by atoms with Crippen LogP contribution in [0.4, 0.5) is 0 Å². The molecular formula is C21H33N3O3S. The van der Waals surface area contributed by atoms with Gasteiger partial charge >= 0.3 is 0 Å². The predicted molar refractivity (Wildman–Crippen MR) is 111 cm³/mol. The smallest absolute Gasteiger partial charge is 0.243 e. The molecule has 1 amide bonds. The molecule has 7 heteroatoms. The summed E-state index contributed by atoms with van der Waals surface area (Å²) < 4.78 is 28.7. The molecule has 1 saturated carbocycles. The zero-order chi connectivity index (χ0) is 20.1. The van der Waals surface area contributed by atoms with Crippen molar-refractivity contribution >= 4 is 15.9 Å². The maximum absolute atomic E-state index is 13.5. The first-order valence-electron chi connectivity index (χ1n) is 10.5. The second-order valence-corrected chi connectivity index (χ2v) is 9.92. The Hall–Kier alpha value is -1.44. The van der Waals surface area contributed by atoms with E-state index in [0.29, 0.717) is 18.0 Å². The van der Waals surface area contributed by atoms with E-state index in [-0.39, 0.29) is 24.9 Å². The van der Waals surface area contributed by atoms with Crippen molar-refractivity contribution < 1.29 is 13.2 Å². The fourth-order valence-electron chi connectivity index (χ4n) is 4.36. The van der Waals surface area contributed by atoms with Gasteiger partial charge in [-0.1, -0.05) is 37.0 Å². The maximum Gasteiger partial charge on any atom is 0.243 e. The molecule has 2 fully saturated rings. The van der Waals surface area contributed by atoms with Crippen molar-refractivity contribution in [3.8, 4) is 0 Å². The standard InChI is InChI=1S/C21H33N3O3S/c1-17-8-9-20(18(2)16-17)28(26,27)24(19-6-4-3-5-7-19)13-10-21(25)23-14-11-22-12-15-23/h8-9,16,19,22H,3-7,10-15H2,1-2H3. The van der Waals surface area contributed by atoms with Crippen LogP contribution in [-0.2, 0) is 14.8 Å². The van der Waals surface area contributed by atoms with Crippen molar-refractivity contribution in [2.24, 2.45) is 0 Å². The van der Waals surface area contributed by atoms with Crippen molar-refractivity contribution in [3.05, 3.63) is 29.3 Å². The summed E-state index contributed by atoms with van der Waals surface area (Å²) >= 11 is 0. The van der Waals surface area contributed by atoms with Crippen molar-refractivity contribution in [2.45, 2.75) is 63.3 Å². The number of piperazine rings is 1. The summed E-state index contributed by atoms with van der Waals surface area (Å²) in [7, 11) is -3.62. The predicted octanol–water partition coefficient (Wildman–Crippen LogP) is 2.45. The Morgan fingerprint density at radius 2 is 1.82 bits per heavy atom. The summed E-state index contributed by atoms with van der Waals surface area (Å²) in [5, 5.41) is 3.24. The molecule has 0 spiro atoms. The maximum atomic E-state index is 13.5. The first-order valence-corrected chi connectivity index (χ1v) is 11.9. The number of nitrogens with one attached hydrogen (secondary N) is 1. The number of carbonyl (C=O) groups is 1. The van der Waals surface area contributed by atoms with Crippen LogP contribution in [0.5, 0.6) is 0 Å². The van der Waals surface area contributed by atoms with E-state index in [2.05, 4.69) is 5.32 Å². The van der Waals surface area contributed by atoms with E-state index in [1.54, 1.807) is 10.4 Å². The molecule has 1 N–H and O–H groups in total. The number of aryl methyl sites for hydroxylation is 2. The molecule has 3 rings (SSSR count). The van der Waals surface area contributed by atoms with Gasteiger partial charge in [-0.2, -0.15) is 4.31 Å². The zero-order valence-corrected chi connectivity index (χ0v) is 17.9. The molecule has 0 unspecified atom stereocenters. The van der Waals surface area contributed by atoms with Gasteiger partial charge in [-0.3, -0.25) is 4.79 Å². The van der Waals surface area contributed by atoms with Crippen LogP contribution in [0.3, 0.4) is 0 Å². The SMILES string of the molecule is Cc1ccc(S(=O)(=O)N(CCC(=O)N2CCNCC2)C2CCCCC2)c(C)c1. The molecule has 6 nitrogen and oxygen atoms in total. The second kappa shape index (κ2) is 9.37. The van der Waals surface area contributed by atoms with Gasteiger partial charge in [0.25, 0.3) is 0 Å². The summed E-state index contributed by atoms with van der Waals surface area (Å²) in [5.41, 5.74) is 1.82. The molecule has 0 aromatic heterocycles. The van der Waals surface area contributed by atoms with Crippen LogP contribution in [-0.4, -0.2) is 62.3 Å². The highest BCUT2D eigenvalue weighted by atomic mass is 32.2.